The van der Waals surface area contributed by atoms with Crippen LogP contribution in [0.3, 0.4) is 0 Å². The maximum atomic E-state index is 10.3. The van der Waals surface area contributed by atoms with Crippen LogP contribution in [0.4, 0.5) is 11.4 Å². The first kappa shape index (κ1) is 111. The normalized spacial score (nSPS) is 10.1. The predicted octanol–water partition coefficient (Wildman–Crippen LogP) is 26.2. The smallest absolute Gasteiger partial charge is 0.316 e. The van der Waals surface area contributed by atoms with Crippen LogP contribution in [0.5, 0.6) is 34.5 Å². The van der Waals surface area contributed by atoms with Crippen LogP contribution in [-0.2, 0) is 45.1 Å². The van der Waals surface area contributed by atoms with E-state index >= 15 is 0 Å². The van der Waals surface area contributed by atoms with Crippen molar-refractivity contribution in [1.82, 2.24) is 0 Å². The van der Waals surface area contributed by atoms with E-state index in [-0.39, 0.29) is 68.2 Å². The molecule has 10 aromatic rings. The molecule has 0 N–H and O–H groups in total. The average Bonchev–Trinajstić information content (AvgIpc) is 0.782. The van der Waals surface area contributed by atoms with Gasteiger partial charge < -0.3 is 61.9 Å². The number of benzene rings is 10. The molecule has 0 amide bonds. The summed E-state index contributed by atoms with van der Waals surface area (Å²) in [6.45, 7) is 20.2. The molecule has 15 nitrogen and oxygen atoms in total. The highest BCUT2D eigenvalue weighted by Crippen LogP contribution is 2.46. The van der Waals surface area contributed by atoms with E-state index in [1.807, 2.05) is 48.5 Å². The van der Waals surface area contributed by atoms with Crippen molar-refractivity contribution in [2.24, 2.45) is 0 Å². The molecule has 0 fully saturated rings. The van der Waals surface area contributed by atoms with Gasteiger partial charge in [0.2, 0.25) is 0 Å². The Morgan fingerprint density at radius 3 is 0.797 bits per heavy atom. The molecule has 0 saturated heterocycles. The number of aryl methyl sites for hydroxylation is 4. The number of halogens is 4. The molecule has 10 rings (SSSR count). The zero-order chi connectivity index (χ0) is 82.8. The van der Waals surface area contributed by atoms with Crippen molar-refractivity contribution in [3.05, 3.63) is 290 Å². The Bertz CT molecular complexity index is 4050. The number of anilines is 2. The maximum Gasteiger partial charge on any atom is 0.316 e. The van der Waals surface area contributed by atoms with E-state index in [1.54, 1.807) is 56.9 Å². The number of rotatable bonds is 26. The van der Waals surface area contributed by atoms with E-state index in [2.05, 4.69) is 312 Å². The van der Waals surface area contributed by atoms with Crippen LogP contribution < -0.4 is 38.2 Å². The van der Waals surface area contributed by atoms with Gasteiger partial charge in [-0.15, -0.1) is 0 Å². The second-order valence-corrected chi connectivity index (χ2v) is 30.7. The van der Waals surface area contributed by atoms with E-state index in [0.29, 0.717) is 26.4 Å². The Hall–Kier alpha value is -8.66. The molecule has 0 aliphatic carbocycles. The van der Waals surface area contributed by atoms with Crippen molar-refractivity contribution < 1.29 is 61.7 Å². The molecular weight excluding hydrogens is 1740 g/mol. The lowest BCUT2D eigenvalue weighted by molar-refractivity contribution is -0.151. The fraction of sp³-hybridized carbons (Fsp3) is 0.374. The third-order valence-electron chi connectivity index (χ3n) is 19.2. The zero-order valence-electron chi connectivity index (χ0n) is 69.1. The highest BCUT2D eigenvalue weighted by molar-refractivity contribution is 9.11. The van der Waals surface area contributed by atoms with Crippen LogP contribution in [0, 0.1) is 41.5 Å². The summed E-state index contributed by atoms with van der Waals surface area (Å²) in [5, 5.41) is 0. The van der Waals surface area contributed by atoms with Crippen molar-refractivity contribution in [1.29, 1.82) is 0 Å². The molecule has 0 bridgehead atoms. The Labute approximate surface area is 744 Å². The molecule has 0 atom stereocenters. The van der Waals surface area contributed by atoms with Gasteiger partial charge in [-0.3, -0.25) is 9.59 Å². The van der Waals surface area contributed by atoms with Gasteiger partial charge in [0.25, 0.3) is 0 Å². The van der Waals surface area contributed by atoms with Gasteiger partial charge in [-0.25, -0.2) is 0 Å². The largest absolute Gasteiger partial charge is 0.497 e. The molecule has 19 heteroatoms. The van der Waals surface area contributed by atoms with Crippen LogP contribution in [0.1, 0.15) is 155 Å². The van der Waals surface area contributed by atoms with E-state index in [0.717, 1.165) is 58.8 Å². The molecule has 0 heterocycles. The summed E-state index contributed by atoms with van der Waals surface area (Å²) in [6.07, 6.45) is 0.675. The van der Waals surface area contributed by atoms with Gasteiger partial charge in [0, 0.05) is 71.0 Å². The molecule has 0 saturated carbocycles. The lowest BCUT2D eigenvalue weighted by Crippen LogP contribution is -2.19. The highest BCUT2D eigenvalue weighted by Gasteiger charge is 2.30. The number of esters is 2. The van der Waals surface area contributed by atoms with Gasteiger partial charge in [-0.2, -0.15) is 0 Å². The maximum absolute atomic E-state index is 10.3. The molecule has 648 valence electrons. The number of hydrogen-bond acceptors (Lipinski definition) is 15. The van der Waals surface area contributed by atoms with E-state index in [9.17, 15) is 9.59 Å². The van der Waals surface area contributed by atoms with Gasteiger partial charge in [0.15, 0.2) is 0 Å². The molecule has 0 unspecified atom stereocenters. The van der Waals surface area contributed by atoms with E-state index in [1.165, 1.54) is 115 Å². The number of nitrogens with zero attached hydrogens (tertiary/aromatic N) is 2. The highest BCUT2D eigenvalue weighted by atomic mass is 79.9. The summed E-state index contributed by atoms with van der Waals surface area (Å²) in [6, 6.07) is 68.4. The van der Waals surface area contributed by atoms with Gasteiger partial charge in [-0.1, -0.05) is 155 Å². The Morgan fingerprint density at radius 1 is 0.347 bits per heavy atom. The SMILES string of the molecule is C.C.C.C.C.C.CN(C)c1ccc(Cc2ccc(N(C)C)cc2)cc1.COC(=O)CC(=O)OC.COCCOCCOC.COc1c(Br)cc(C(C)(C)c2cc(Br)c(OC)c(Br)c2)cc1Br.COc1ccc(C(c2ccc(OC)cc2)C(c2ccc(OC)cc2)c2ccc(OC)cc2)cc1.Cc1cc(-c2cc(C)c(C)c(C)c2)cc(C)c1C. The zero-order valence-corrected chi connectivity index (χ0v) is 75.4. The molecule has 0 spiro atoms. The van der Waals surface area contributed by atoms with Crippen LogP contribution in [-0.4, -0.2) is 138 Å². The van der Waals surface area contributed by atoms with Crippen LogP contribution >= 0.6 is 63.7 Å². The van der Waals surface area contributed by atoms with Crippen molar-refractivity contribution in [3.63, 3.8) is 0 Å². The number of carbonyl (C=O) groups excluding carboxylic acids is 2. The Morgan fingerprint density at radius 2 is 0.593 bits per heavy atom. The minimum absolute atomic E-state index is 0. The van der Waals surface area contributed by atoms with E-state index in [4.69, 9.17) is 42.6 Å². The van der Waals surface area contributed by atoms with Crippen molar-refractivity contribution in [3.8, 4) is 45.6 Å². The fourth-order valence-corrected chi connectivity index (χ4v) is 14.9. The quantitative estimate of drug-likeness (QED) is 0.0288. The monoisotopic (exact) mass is 1880 g/mol. The first-order valence-electron chi connectivity index (χ1n) is 36.5. The lowest BCUT2D eigenvalue weighted by Gasteiger charge is -2.30. The van der Waals surface area contributed by atoms with Crippen molar-refractivity contribution in [2.75, 3.05) is 136 Å². The molecule has 0 aliphatic heterocycles. The number of hydrogen-bond donors (Lipinski definition) is 0. The Balaban J connectivity index is 0. The van der Waals surface area contributed by atoms with E-state index < -0.39 is 11.9 Å². The molecule has 10 aromatic carbocycles. The third-order valence-corrected chi connectivity index (χ3v) is 21.5. The van der Waals surface area contributed by atoms with Crippen LogP contribution in [0.2, 0.25) is 0 Å². The van der Waals surface area contributed by atoms with Gasteiger partial charge in [0.1, 0.15) is 40.9 Å². The first-order chi connectivity index (χ1) is 53.4. The predicted molar refractivity (Wildman–Crippen MR) is 513 cm³/mol. The summed E-state index contributed by atoms with van der Waals surface area (Å²) >= 11 is 14.3. The summed E-state index contributed by atoms with van der Waals surface area (Å²) in [5.74, 6) is 3.87. The number of ether oxygens (including phenoxy) is 11. The first-order valence-corrected chi connectivity index (χ1v) is 39.6. The topological polar surface area (TPSA) is 142 Å². The van der Waals surface area contributed by atoms with Crippen molar-refractivity contribution in [2.45, 2.75) is 130 Å². The molecule has 0 aliphatic rings. The van der Waals surface area contributed by atoms with Gasteiger partial charge in [-0.05, 0) is 298 Å². The molecule has 118 heavy (non-hydrogen) atoms. The number of methoxy groups -OCH3 is 10. The molecule has 0 radical (unpaired) electrons. The second-order valence-electron chi connectivity index (χ2n) is 27.3. The summed E-state index contributed by atoms with van der Waals surface area (Å²) < 4.78 is 59.1. The van der Waals surface area contributed by atoms with Crippen molar-refractivity contribution >= 4 is 87.0 Å². The molecule has 0 aromatic heterocycles. The Kier molecular flexibility index (Phi) is 53.5. The summed E-state index contributed by atoms with van der Waals surface area (Å²) in [7, 11) is 24.1. The van der Waals surface area contributed by atoms with Gasteiger partial charge in [0.05, 0.1) is 101 Å². The second kappa shape index (κ2) is 56.7. The standard InChI is InChI=1S/C30H30O4.C18H22.C17H16Br4O2.C17H22N2.C6H14O3.C5H8O4.6CH4/c1-31-25-13-5-21(6-14-25)29(22-7-15-26(32-2)16-8-22)30(23-9-17-27(33-3)18-10-23)24-11-19-28(34-4)20-12-24;1-11-7-17(8-12(2)15(11)5)18-9-13(3)16(6)14(4)10-18;1-17(2,9-5-11(18)15(22-3)12(19)6-9)10-7-13(20)16(23-4)14(21)8-10;1-18(2)16-9-5-14(6-10-16)13-15-7-11-17(12-8-15)19(3)4;1-7-3-5-9-6-4-8-2;1-8-4(6)3-5(7)9-2;;;;;;/h5-20,29-30H,1-4H3;7-10H,1-6H3;5-8H,1-4H3;5-12H,13H2,1-4H3;3-6H2,1-2H3;3H2,1-2H3;6*1H4. The third kappa shape index (κ3) is 33.9. The molecular formula is C99H136Br4N2O13. The fourth-order valence-electron chi connectivity index (χ4n) is 11.9. The minimum Gasteiger partial charge on any atom is -0.497 e. The number of carbonyl (C=O) groups is 2. The van der Waals surface area contributed by atoms with Crippen LogP contribution in [0.25, 0.3) is 11.1 Å². The minimum atomic E-state index is -0.582. The van der Waals surface area contributed by atoms with Gasteiger partial charge >= 0.3 is 11.9 Å². The average molecular weight is 1880 g/mol. The summed E-state index contributed by atoms with van der Waals surface area (Å²) in [5.41, 5.74) is 23.1. The summed E-state index contributed by atoms with van der Waals surface area (Å²) in [4.78, 5) is 24.8. The van der Waals surface area contributed by atoms with Crippen LogP contribution in [0.15, 0.2) is 212 Å². The lowest BCUT2D eigenvalue weighted by atomic mass is 9.73.